The van der Waals surface area contributed by atoms with Gasteiger partial charge in [-0.1, -0.05) is 12.1 Å². The van der Waals surface area contributed by atoms with E-state index in [1.165, 1.54) is 43.5 Å². The molecule has 2 aromatic rings. The maximum atomic E-state index is 13.4. The SMILES string of the molecule is Cc1cc(C(NC(=O)c2ccnc(OC3CCOC3)c2)C(=O)O)ccc1F. The molecule has 2 heterocycles. The number of nitrogens with one attached hydrogen (secondary N) is 1. The van der Waals surface area contributed by atoms with Crippen molar-refractivity contribution in [3.8, 4) is 5.88 Å². The summed E-state index contributed by atoms with van der Waals surface area (Å²) in [6.07, 6.45) is 2.03. The molecular formula is C19H19FN2O5. The minimum atomic E-state index is -1.31. The molecule has 1 aromatic carbocycles. The minimum Gasteiger partial charge on any atom is -0.479 e. The standard InChI is InChI=1S/C19H19FN2O5/c1-11-8-12(2-3-15(11)20)17(19(24)25)22-18(23)13-4-6-21-16(9-13)27-14-5-7-26-10-14/h2-4,6,8-9,14,17H,5,7,10H2,1H3,(H,22,23)(H,24,25). The highest BCUT2D eigenvalue weighted by atomic mass is 19.1. The number of pyridine rings is 1. The molecule has 142 valence electrons. The number of carbonyl (C=O) groups is 2. The Bertz CT molecular complexity index is 852. The summed E-state index contributed by atoms with van der Waals surface area (Å²) in [5, 5.41) is 11.9. The first-order valence-electron chi connectivity index (χ1n) is 8.44. The van der Waals surface area contributed by atoms with Crippen molar-refractivity contribution in [1.29, 1.82) is 0 Å². The fourth-order valence-corrected chi connectivity index (χ4v) is 2.74. The Kier molecular flexibility index (Phi) is 5.66. The highest BCUT2D eigenvalue weighted by molar-refractivity contribution is 5.97. The van der Waals surface area contributed by atoms with E-state index in [0.717, 1.165) is 6.42 Å². The van der Waals surface area contributed by atoms with Crippen molar-refractivity contribution in [3.63, 3.8) is 0 Å². The normalized spacial score (nSPS) is 17.3. The molecule has 0 radical (unpaired) electrons. The van der Waals surface area contributed by atoms with E-state index in [4.69, 9.17) is 9.47 Å². The van der Waals surface area contributed by atoms with Crippen LogP contribution in [0, 0.1) is 12.7 Å². The number of amides is 1. The van der Waals surface area contributed by atoms with Crippen molar-refractivity contribution >= 4 is 11.9 Å². The average molecular weight is 374 g/mol. The van der Waals surface area contributed by atoms with Crippen LogP contribution in [0.2, 0.25) is 0 Å². The van der Waals surface area contributed by atoms with Gasteiger partial charge in [0.05, 0.1) is 13.2 Å². The molecule has 1 aliphatic heterocycles. The highest BCUT2D eigenvalue weighted by Gasteiger charge is 2.24. The highest BCUT2D eigenvalue weighted by Crippen LogP contribution is 2.19. The van der Waals surface area contributed by atoms with Crippen LogP contribution < -0.4 is 10.1 Å². The van der Waals surface area contributed by atoms with Crippen LogP contribution in [-0.4, -0.2) is 41.3 Å². The summed E-state index contributed by atoms with van der Waals surface area (Å²) < 4.78 is 24.3. The summed E-state index contributed by atoms with van der Waals surface area (Å²) in [6, 6.07) is 5.51. The molecule has 0 bridgehead atoms. The second kappa shape index (κ2) is 8.13. The van der Waals surface area contributed by atoms with E-state index < -0.39 is 23.7 Å². The van der Waals surface area contributed by atoms with Crippen molar-refractivity contribution < 1.29 is 28.6 Å². The molecule has 1 saturated heterocycles. The molecule has 0 saturated carbocycles. The van der Waals surface area contributed by atoms with E-state index in [1.807, 2.05) is 0 Å². The van der Waals surface area contributed by atoms with Gasteiger partial charge in [-0.3, -0.25) is 4.79 Å². The molecule has 3 rings (SSSR count). The third-order valence-electron chi connectivity index (χ3n) is 4.21. The zero-order chi connectivity index (χ0) is 19.4. The predicted octanol–water partition coefficient (Wildman–Crippen LogP) is 2.25. The maximum absolute atomic E-state index is 13.4. The fourth-order valence-electron chi connectivity index (χ4n) is 2.74. The van der Waals surface area contributed by atoms with Crippen molar-refractivity contribution in [2.75, 3.05) is 13.2 Å². The molecule has 1 aromatic heterocycles. The van der Waals surface area contributed by atoms with Gasteiger partial charge in [-0.05, 0) is 30.2 Å². The quantitative estimate of drug-likeness (QED) is 0.805. The van der Waals surface area contributed by atoms with Crippen LogP contribution in [0.15, 0.2) is 36.5 Å². The molecule has 8 heteroatoms. The van der Waals surface area contributed by atoms with Crippen molar-refractivity contribution in [2.24, 2.45) is 0 Å². The van der Waals surface area contributed by atoms with E-state index in [1.54, 1.807) is 0 Å². The van der Waals surface area contributed by atoms with Crippen LogP contribution in [0.3, 0.4) is 0 Å². The van der Waals surface area contributed by atoms with E-state index in [2.05, 4.69) is 10.3 Å². The van der Waals surface area contributed by atoms with Crippen LogP contribution in [0.5, 0.6) is 5.88 Å². The average Bonchev–Trinajstić information content (AvgIpc) is 3.15. The Morgan fingerprint density at radius 1 is 1.37 bits per heavy atom. The molecule has 0 spiro atoms. The summed E-state index contributed by atoms with van der Waals surface area (Å²) in [5.74, 6) is -2.02. The van der Waals surface area contributed by atoms with E-state index in [9.17, 15) is 19.1 Å². The first-order chi connectivity index (χ1) is 12.9. The summed E-state index contributed by atoms with van der Waals surface area (Å²) in [7, 11) is 0. The van der Waals surface area contributed by atoms with E-state index in [-0.39, 0.29) is 23.1 Å². The molecule has 2 atom stereocenters. The molecule has 0 aliphatic carbocycles. The number of hydrogen-bond donors (Lipinski definition) is 2. The van der Waals surface area contributed by atoms with Gasteiger partial charge in [0.15, 0.2) is 6.04 Å². The van der Waals surface area contributed by atoms with E-state index >= 15 is 0 Å². The largest absolute Gasteiger partial charge is 0.479 e. The Morgan fingerprint density at radius 3 is 2.85 bits per heavy atom. The van der Waals surface area contributed by atoms with Crippen LogP contribution in [0.4, 0.5) is 4.39 Å². The molecular weight excluding hydrogens is 355 g/mol. The number of carbonyl (C=O) groups excluding carboxylic acids is 1. The lowest BCUT2D eigenvalue weighted by Crippen LogP contribution is -2.34. The predicted molar refractivity (Wildman–Crippen MR) is 93.1 cm³/mol. The molecule has 2 N–H and O–H groups in total. The van der Waals surface area contributed by atoms with Gasteiger partial charge in [0, 0.05) is 24.2 Å². The van der Waals surface area contributed by atoms with Gasteiger partial charge in [0.1, 0.15) is 11.9 Å². The number of benzene rings is 1. The second-order valence-electron chi connectivity index (χ2n) is 6.24. The third-order valence-corrected chi connectivity index (χ3v) is 4.21. The number of carboxylic acid groups (broad SMARTS) is 1. The molecule has 2 unspecified atom stereocenters. The number of hydrogen-bond acceptors (Lipinski definition) is 5. The molecule has 27 heavy (non-hydrogen) atoms. The molecule has 1 aliphatic rings. The Balaban J connectivity index is 1.75. The van der Waals surface area contributed by atoms with Gasteiger partial charge >= 0.3 is 5.97 Å². The third kappa shape index (κ3) is 4.59. The summed E-state index contributed by atoms with van der Waals surface area (Å²) in [4.78, 5) is 28.2. The number of rotatable bonds is 6. The lowest BCUT2D eigenvalue weighted by molar-refractivity contribution is -0.139. The monoisotopic (exact) mass is 374 g/mol. The fraction of sp³-hybridized carbons (Fsp3) is 0.316. The second-order valence-corrected chi connectivity index (χ2v) is 6.24. The van der Waals surface area contributed by atoms with Gasteiger partial charge in [0.2, 0.25) is 5.88 Å². The number of ether oxygens (including phenoxy) is 2. The van der Waals surface area contributed by atoms with Crippen molar-refractivity contribution in [3.05, 3.63) is 59.0 Å². The minimum absolute atomic E-state index is 0.121. The van der Waals surface area contributed by atoms with Crippen LogP contribution in [-0.2, 0) is 9.53 Å². The zero-order valence-corrected chi connectivity index (χ0v) is 14.6. The first kappa shape index (κ1) is 18.8. The number of aromatic nitrogens is 1. The van der Waals surface area contributed by atoms with Gasteiger partial charge in [-0.25, -0.2) is 14.2 Å². The van der Waals surface area contributed by atoms with Crippen molar-refractivity contribution in [1.82, 2.24) is 10.3 Å². The van der Waals surface area contributed by atoms with Gasteiger partial charge < -0.3 is 19.9 Å². The lowest BCUT2D eigenvalue weighted by atomic mass is 10.0. The van der Waals surface area contributed by atoms with Crippen LogP contribution >= 0.6 is 0 Å². The maximum Gasteiger partial charge on any atom is 0.330 e. The smallest absolute Gasteiger partial charge is 0.330 e. The lowest BCUT2D eigenvalue weighted by Gasteiger charge is -2.16. The van der Waals surface area contributed by atoms with E-state index in [0.29, 0.717) is 18.8 Å². The topological polar surface area (TPSA) is 97.8 Å². The van der Waals surface area contributed by atoms with Crippen molar-refractivity contribution in [2.45, 2.75) is 25.5 Å². The summed E-state index contributed by atoms with van der Waals surface area (Å²) in [6.45, 7) is 2.60. The summed E-state index contributed by atoms with van der Waals surface area (Å²) >= 11 is 0. The number of halogens is 1. The van der Waals surface area contributed by atoms with Crippen LogP contribution in [0.1, 0.15) is 33.9 Å². The first-order valence-corrected chi connectivity index (χ1v) is 8.44. The molecule has 1 fully saturated rings. The molecule has 7 nitrogen and oxygen atoms in total. The Hall–Kier alpha value is -3.00. The van der Waals surface area contributed by atoms with Gasteiger partial charge in [0.25, 0.3) is 5.91 Å². The molecule has 1 amide bonds. The Labute approximate surface area is 155 Å². The number of carboxylic acids is 1. The van der Waals surface area contributed by atoms with Gasteiger partial charge in [-0.15, -0.1) is 0 Å². The number of aryl methyl sites for hydroxylation is 1. The van der Waals surface area contributed by atoms with Crippen LogP contribution in [0.25, 0.3) is 0 Å². The Morgan fingerprint density at radius 2 is 2.19 bits per heavy atom. The number of aliphatic carboxylic acids is 1. The van der Waals surface area contributed by atoms with Gasteiger partial charge in [-0.2, -0.15) is 0 Å². The zero-order valence-electron chi connectivity index (χ0n) is 14.6. The summed E-state index contributed by atoms with van der Waals surface area (Å²) in [5.41, 5.74) is 0.791. The number of nitrogens with zero attached hydrogens (tertiary/aromatic N) is 1.